The van der Waals surface area contributed by atoms with Crippen LogP contribution in [0, 0.1) is 0 Å². The van der Waals surface area contributed by atoms with E-state index in [9.17, 15) is 0 Å². The van der Waals surface area contributed by atoms with Crippen LogP contribution in [0.4, 0.5) is 0 Å². The average Bonchev–Trinajstić information content (AvgIpc) is 2.40. The zero-order valence-corrected chi connectivity index (χ0v) is 13.0. The maximum absolute atomic E-state index is 6.10. The molecule has 100 valence electrons. The molecule has 0 heterocycles. The van der Waals surface area contributed by atoms with Crippen LogP contribution in [0.5, 0.6) is 5.75 Å². The van der Waals surface area contributed by atoms with Gasteiger partial charge in [-0.3, -0.25) is 0 Å². The van der Waals surface area contributed by atoms with Crippen LogP contribution in [0.2, 0.25) is 5.02 Å². The van der Waals surface area contributed by atoms with Crippen molar-refractivity contribution in [2.45, 2.75) is 13.2 Å². The first-order valence-electron chi connectivity index (χ1n) is 5.99. The molecule has 0 aliphatic carbocycles. The summed E-state index contributed by atoms with van der Waals surface area (Å²) >= 11 is 9.47. The van der Waals surface area contributed by atoms with Crippen LogP contribution >= 0.6 is 27.5 Å². The normalized spacial score (nSPS) is 10.5. The Kier molecular flexibility index (Phi) is 5.25. The molecule has 2 aromatic rings. The van der Waals surface area contributed by atoms with Crippen LogP contribution in [-0.4, -0.2) is 7.05 Å². The molecule has 0 unspecified atom stereocenters. The van der Waals surface area contributed by atoms with E-state index in [0.717, 1.165) is 16.6 Å². The highest BCUT2D eigenvalue weighted by molar-refractivity contribution is 9.10. The highest BCUT2D eigenvalue weighted by Crippen LogP contribution is 2.28. The Balaban J connectivity index is 1.98. The van der Waals surface area contributed by atoms with Crippen molar-refractivity contribution >= 4 is 27.5 Å². The van der Waals surface area contributed by atoms with E-state index in [1.807, 2.05) is 25.2 Å². The first kappa shape index (κ1) is 14.4. The molecule has 0 fully saturated rings. The van der Waals surface area contributed by atoms with Crippen LogP contribution in [0.25, 0.3) is 0 Å². The SMILES string of the molecule is CNCc1ccc(COc2ccc(Br)cc2Cl)cc1. The van der Waals surface area contributed by atoms with Gasteiger partial charge < -0.3 is 10.1 Å². The highest BCUT2D eigenvalue weighted by Gasteiger charge is 2.02. The molecule has 0 spiro atoms. The number of benzene rings is 2. The second-order valence-corrected chi connectivity index (χ2v) is 5.53. The van der Waals surface area contributed by atoms with E-state index >= 15 is 0 Å². The third kappa shape index (κ3) is 4.23. The number of rotatable bonds is 5. The molecule has 2 rings (SSSR count). The predicted octanol–water partition coefficient (Wildman–Crippen LogP) is 4.40. The molecule has 0 radical (unpaired) electrons. The van der Waals surface area contributed by atoms with Gasteiger partial charge in [-0.15, -0.1) is 0 Å². The summed E-state index contributed by atoms with van der Waals surface area (Å²) in [6.07, 6.45) is 0. The van der Waals surface area contributed by atoms with Gasteiger partial charge in [0.1, 0.15) is 12.4 Å². The lowest BCUT2D eigenvalue weighted by Gasteiger charge is -2.09. The van der Waals surface area contributed by atoms with Gasteiger partial charge in [0.25, 0.3) is 0 Å². The van der Waals surface area contributed by atoms with Crippen molar-refractivity contribution in [1.29, 1.82) is 0 Å². The maximum atomic E-state index is 6.10. The quantitative estimate of drug-likeness (QED) is 0.871. The molecule has 2 aromatic carbocycles. The summed E-state index contributed by atoms with van der Waals surface area (Å²) in [6, 6.07) is 13.9. The van der Waals surface area contributed by atoms with Gasteiger partial charge in [0.15, 0.2) is 0 Å². The zero-order valence-electron chi connectivity index (χ0n) is 10.6. The van der Waals surface area contributed by atoms with E-state index in [2.05, 4.69) is 45.5 Å². The first-order chi connectivity index (χ1) is 9.19. The number of halogens is 2. The van der Waals surface area contributed by atoms with Crippen molar-refractivity contribution in [3.8, 4) is 5.75 Å². The second kappa shape index (κ2) is 6.94. The minimum Gasteiger partial charge on any atom is -0.487 e. The largest absolute Gasteiger partial charge is 0.487 e. The number of ether oxygens (including phenoxy) is 1. The van der Waals surface area contributed by atoms with Gasteiger partial charge in [0, 0.05) is 11.0 Å². The van der Waals surface area contributed by atoms with E-state index in [1.54, 1.807) is 0 Å². The molecule has 0 saturated carbocycles. The molecule has 2 nitrogen and oxygen atoms in total. The second-order valence-electron chi connectivity index (χ2n) is 4.21. The molecular formula is C15H15BrClNO. The van der Waals surface area contributed by atoms with Crippen LogP contribution in [0.1, 0.15) is 11.1 Å². The van der Waals surface area contributed by atoms with Crippen LogP contribution < -0.4 is 10.1 Å². The van der Waals surface area contributed by atoms with Crippen molar-refractivity contribution in [1.82, 2.24) is 5.32 Å². The Morgan fingerprint density at radius 1 is 1.11 bits per heavy atom. The summed E-state index contributed by atoms with van der Waals surface area (Å²) in [4.78, 5) is 0. The minimum absolute atomic E-state index is 0.515. The van der Waals surface area contributed by atoms with Gasteiger partial charge in [0.2, 0.25) is 0 Å². The lowest BCUT2D eigenvalue weighted by atomic mass is 10.1. The van der Waals surface area contributed by atoms with Crippen molar-refractivity contribution < 1.29 is 4.74 Å². The molecule has 1 N–H and O–H groups in total. The van der Waals surface area contributed by atoms with Gasteiger partial charge in [-0.2, -0.15) is 0 Å². The fourth-order valence-electron chi connectivity index (χ4n) is 1.71. The molecular weight excluding hydrogens is 326 g/mol. The van der Waals surface area contributed by atoms with Crippen molar-refractivity contribution in [3.63, 3.8) is 0 Å². The molecule has 0 bridgehead atoms. The monoisotopic (exact) mass is 339 g/mol. The number of nitrogens with one attached hydrogen (secondary N) is 1. The third-order valence-electron chi connectivity index (χ3n) is 2.69. The Morgan fingerprint density at radius 3 is 2.42 bits per heavy atom. The lowest BCUT2D eigenvalue weighted by Crippen LogP contribution is -2.05. The van der Waals surface area contributed by atoms with Crippen LogP contribution in [0.15, 0.2) is 46.9 Å². The summed E-state index contributed by atoms with van der Waals surface area (Å²) in [5, 5.41) is 3.73. The van der Waals surface area contributed by atoms with Crippen molar-refractivity contribution in [2.75, 3.05) is 7.05 Å². The number of hydrogen-bond acceptors (Lipinski definition) is 2. The lowest BCUT2D eigenvalue weighted by molar-refractivity contribution is 0.306. The summed E-state index contributed by atoms with van der Waals surface area (Å²) in [5.74, 6) is 0.698. The molecule has 0 aromatic heterocycles. The number of hydrogen-bond donors (Lipinski definition) is 1. The zero-order chi connectivity index (χ0) is 13.7. The minimum atomic E-state index is 0.515. The summed E-state index contributed by atoms with van der Waals surface area (Å²) in [6.45, 7) is 1.39. The average molecular weight is 341 g/mol. The van der Waals surface area contributed by atoms with E-state index in [0.29, 0.717) is 17.4 Å². The Labute approximate surface area is 126 Å². The standard InChI is InChI=1S/C15H15BrClNO/c1-18-9-11-2-4-12(5-3-11)10-19-15-7-6-13(16)8-14(15)17/h2-8,18H,9-10H2,1H3. The molecule has 0 aliphatic heterocycles. The third-order valence-corrected chi connectivity index (χ3v) is 3.48. The Morgan fingerprint density at radius 2 is 1.79 bits per heavy atom. The molecule has 4 heteroatoms. The molecule has 0 atom stereocenters. The van der Waals surface area contributed by atoms with Gasteiger partial charge in [-0.05, 0) is 36.4 Å². The Hall–Kier alpha value is -1.03. The van der Waals surface area contributed by atoms with E-state index < -0.39 is 0 Å². The highest BCUT2D eigenvalue weighted by atomic mass is 79.9. The summed E-state index contributed by atoms with van der Waals surface area (Å²) in [7, 11) is 1.94. The van der Waals surface area contributed by atoms with Gasteiger partial charge in [-0.25, -0.2) is 0 Å². The van der Waals surface area contributed by atoms with Crippen LogP contribution in [0.3, 0.4) is 0 Å². The van der Waals surface area contributed by atoms with Crippen molar-refractivity contribution in [2.24, 2.45) is 0 Å². The van der Waals surface area contributed by atoms with E-state index in [1.165, 1.54) is 5.56 Å². The summed E-state index contributed by atoms with van der Waals surface area (Å²) in [5.41, 5.74) is 2.38. The van der Waals surface area contributed by atoms with Crippen LogP contribution in [-0.2, 0) is 13.2 Å². The van der Waals surface area contributed by atoms with Gasteiger partial charge >= 0.3 is 0 Å². The summed E-state index contributed by atoms with van der Waals surface area (Å²) < 4.78 is 6.65. The molecule has 19 heavy (non-hydrogen) atoms. The van der Waals surface area contributed by atoms with E-state index in [4.69, 9.17) is 16.3 Å². The van der Waals surface area contributed by atoms with Crippen molar-refractivity contribution in [3.05, 3.63) is 63.1 Å². The first-order valence-corrected chi connectivity index (χ1v) is 7.16. The van der Waals surface area contributed by atoms with Gasteiger partial charge in [-0.1, -0.05) is 51.8 Å². The maximum Gasteiger partial charge on any atom is 0.138 e. The Bertz CT molecular complexity index is 542. The predicted molar refractivity (Wildman–Crippen MR) is 82.7 cm³/mol. The molecule has 0 saturated heterocycles. The fourth-order valence-corrected chi connectivity index (χ4v) is 2.44. The van der Waals surface area contributed by atoms with Gasteiger partial charge in [0.05, 0.1) is 5.02 Å². The topological polar surface area (TPSA) is 21.3 Å². The molecule has 0 amide bonds. The molecule has 0 aliphatic rings. The smallest absolute Gasteiger partial charge is 0.138 e. The van der Waals surface area contributed by atoms with E-state index in [-0.39, 0.29) is 0 Å². The fraction of sp³-hybridized carbons (Fsp3) is 0.200.